The van der Waals surface area contributed by atoms with E-state index in [9.17, 15) is 20.1 Å². The fourth-order valence-corrected chi connectivity index (χ4v) is 2.23. The van der Waals surface area contributed by atoms with Crippen molar-refractivity contribution in [3.63, 3.8) is 0 Å². The minimum atomic E-state index is -1.23. The van der Waals surface area contributed by atoms with Crippen molar-refractivity contribution >= 4 is 5.97 Å². The van der Waals surface area contributed by atoms with E-state index in [4.69, 9.17) is 0 Å². The molecule has 0 bridgehead atoms. The Morgan fingerprint density at radius 3 is 2.29 bits per heavy atom. The highest BCUT2D eigenvalue weighted by atomic mass is 16.5. The van der Waals surface area contributed by atoms with Crippen molar-refractivity contribution in [1.29, 1.82) is 0 Å². The van der Waals surface area contributed by atoms with Gasteiger partial charge in [-0.25, -0.2) is 4.79 Å². The highest BCUT2D eigenvalue weighted by Gasteiger charge is 2.27. The first-order valence-electron chi connectivity index (χ1n) is 6.93. The van der Waals surface area contributed by atoms with Crippen LogP contribution in [0.4, 0.5) is 0 Å². The van der Waals surface area contributed by atoms with Gasteiger partial charge in [-0.3, -0.25) is 0 Å². The molecule has 5 heteroatoms. The number of carbonyl (C=O) groups excluding carboxylic acids is 1. The molecule has 0 saturated heterocycles. The summed E-state index contributed by atoms with van der Waals surface area (Å²) < 4.78 is 4.58. The van der Waals surface area contributed by atoms with Gasteiger partial charge >= 0.3 is 5.97 Å². The number of carbonyl (C=O) groups is 1. The Kier molecular flexibility index (Phi) is 5.36. The lowest BCUT2D eigenvalue weighted by atomic mass is 9.87. The molecule has 1 atom stereocenters. The smallest absolute Gasteiger partial charge is 0.337 e. The first kappa shape index (κ1) is 17.5. The first-order chi connectivity index (χ1) is 9.57. The Bertz CT molecular complexity index is 500. The van der Waals surface area contributed by atoms with E-state index in [1.54, 1.807) is 20.8 Å². The van der Waals surface area contributed by atoms with E-state index >= 15 is 0 Å². The summed E-state index contributed by atoms with van der Waals surface area (Å²) >= 11 is 0. The minimum Gasteiger partial charge on any atom is -0.508 e. The minimum absolute atomic E-state index is 0.147. The average molecular weight is 296 g/mol. The SMILES string of the molecule is COC(=O)c1ccc([C@@](C)(O)CCCC(C)(C)O)c(O)c1. The van der Waals surface area contributed by atoms with Crippen molar-refractivity contribution in [2.45, 2.75) is 51.2 Å². The van der Waals surface area contributed by atoms with Crippen LogP contribution in [0.25, 0.3) is 0 Å². The number of methoxy groups -OCH3 is 1. The zero-order chi connectivity index (χ0) is 16.3. The molecular weight excluding hydrogens is 272 g/mol. The molecule has 5 nitrogen and oxygen atoms in total. The fourth-order valence-electron chi connectivity index (χ4n) is 2.23. The Hall–Kier alpha value is -1.59. The van der Waals surface area contributed by atoms with Crippen LogP contribution in [0.3, 0.4) is 0 Å². The van der Waals surface area contributed by atoms with Crippen molar-refractivity contribution < 1.29 is 24.9 Å². The number of esters is 1. The van der Waals surface area contributed by atoms with Crippen molar-refractivity contribution in [3.8, 4) is 5.75 Å². The predicted octanol–water partition coefficient (Wildman–Crippen LogP) is 2.33. The van der Waals surface area contributed by atoms with Gasteiger partial charge < -0.3 is 20.1 Å². The molecule has 1 aromatic rings. The van der Waals surface area contributed by atoms with Crippen molar-refractivity contribution in [2.24, 2.45) is 0 Å². The van der Waals surface area contributed by atoms with Crippen LogP contribution in [0.5, 0.6) is 5.75 Å². The molecule has 0 spiro atoms. The van der Waals surface area contributed by atoms with Gasteiger partial charge in [0.1, 0.15) is 5.75 Å². The second kappa shape index (κ2) is 6.45. The number of hydrogen-bond donors (Lipinski definition) is 3. The van der Waals surface area contributed by atoms with Crippen LogP contribution in [-0.4, -0.2) is 34.0 Å². The molecule has 0 aliphatic rings. The van der Waals surface area contributed by atoms with Crippen LogP contribution in [-0.2, 0) is 10.3 Å². The second-order valence-electron chi connectivity index (χ2n) is 6.16. The molecule has 118 valence electrons. The largest absolute Gasteiger partial charge is 0.508 e. The molecule has 3 N–H and O–H groups in total. The van der Waals surface area contributed by atoms with E-state index in [1.807, 2.05) is 0 Å². The van der Waals surface area contributed by atoms with E-state index in [2.05, 4.69) is 4.74 Å². The van der Waals surface area contributed by atoms with Crippen LogP contribution in [0.2, 0.25) is 0 Å². The summed E-state index contributed by atoms with van der Waals surface area (Å²) in [4.78, 5) is 11.4. The van der Waals surface area contributed by atoms with Gasteiger partial charge in [0, 0.05) is 5.56 Å². The maximum Gasteiger partial charge on any atom is 0.337 e. The van der Waals surface area contributed by atoms with Crippen LogP contribution in [0.1, 0.15) is 56.0 Å². The molecule has 0 aliphatic heterocycles. The van der Waals surface area contributed by atoms with Crippen LogP contribution in [0.15, 0.2) is 18.2 Å². The molecule has 0 aromatic heterocycles. The number of aromatic hydroxyl groups is 1. The summed E-state index contributed by atoms with van der Waals surface area (Å²) in [6, 6.07) is 4.31. The lowest BCUT2D eigenvalue weighted by molar-refractivity contribution is 0.0255. The maximum absolute atomic E-state index is 11.4. The van der Waals surface area contributed by atoms with Gasteiger partial charge in [0.05, 0.1) is 23.9 Å². The number of rotatable bonds is 6. The van der Waals surface area contributed by atoms with Crippen molar-refractivity contribution in [3.05, 3.63) is 29.3 Å². The Morgan fingerprint density at radius 2 is 1.81 bits per heavy atom. The Labute approximate surface area is 125 Å². The topological polar surface area (TPSA) is 87.0 Å². The van der Waals surface area contributed by atoms with Gasteiger partial charge in [0.2, 0.25) is 0 Å². The molecular formula is C16H24O5. The predicted molar refractivity (Wildman–Crippen MR) is 79.2 cm³/mol. The quantitative estimate of drug-likeness (QED) is 0.701. The number of benzene rings is 1. The van der Waals surface area contributed by atoms with Gasteiger partial charge in [-0.1, -0.05) is 6.07 Å². The summed E-state index contributed by atoms with van der Waals surface area (Å²) in [6.45, 7) is 5.03. The lowest BCUT2D eigenvalue weighted by Crippen LogP contribution is -2.24. The normalized spacial score (nSPS) is 14.6. The van der Waals surface area contributed by atoms with E-state index in [0.29, 0.717) is 24.8 Å². The summed E-state index contributed by atoms with van der Waals surface area (Å²) in [5.74, 6) is -0.690. The monoisotopic (exact) mass is 296 g/mol. The van der Waals surface area contributed by atoms with Gasteiger partial charge in [-0.2, -0.15) is 0 Å². The van der Waals surface area contributed by atoms with Crippen LogP contribution >= 0.6 is 0 Å². The number of ether oxygens (including phenoxy) is 1. The Morgan fingerprint density at radius 1 is 1.19 bits per heavy atom. The molecule has 0 heterocycles. The number of hydrogen-bond acceptors (Lipinski definition) is 5. The summed E-state index contributed by atoms with van der Waals surface area (Å²) in [5, 5.41) is 30.2. The van der Waals surface area contributed by atoms with Gasteiger partial charge in [-0.05, 0) is 52.2 Å². The molecule has 1 aromatic carbocycles. The van der Waals surface area contributed by atoms with Gasteiger partial charge in [0.15, 0.2) is 0 Å². The summed E-state index contributed by atoms with van der Waals surface area (Å²) in [7, 11) is 1.26. The molecule has 0 aliphatic carbocycles. The zero-order valence-corrected chi connectivity index (χ0v) is 13.0. The van der Waals surface area contributed by atoms with E-state index in [-0.39, 0.29) is 11.3 Å². The van der Waals surface area contributed by atoms with E-state index < -0.39 is 17.2 Å². The van der Waals surface area contributed by atoms with Gasteiger partial charge in [0.25, 0.3) is 0 Å². The van der Waals surface area contributed by atoms with Gasteiger partial charge in [-0.15, -0.1) is 0 Å². The van der Waals surface area contributed by atoms with E-state index in [1.165, 1.54) is 25.3 Å². The first-order valence-corrected chi connectivity index (χ1v) is 6.93. The third kappa shape index (κ3) is 5.02. The average Bonchev–Trinajstić information content (AvgIpc) is 2.35. The molecule has 0 fully saturated rings. The van der Waals surface area contributed by atoms with Crippen LogP contribution in [0, 0.1) is 0 Å². The third-order valence-electron chi connectivity index (χ3n) is 3.45. The van der Waals surface area contributed by atoms with Crippen molar-refractivity contribution in [2.75, 3.05) is 7.11 Å². The second-order valence-corrected chi connectivity index (χ2v) is 6.16. The van der Waals surface area contributed by atoms with Crippen molar-refractivity contribution in [1.82, 2.24) is 0 Å². The lowest BCUT2D eigenvalue weighted by Gasteiger charge is -2.26. The summed E-state index contributed by atoms with van der Waals surface area (Å²) in [6.07, 6.45) is 1.54. The zero-order valence-electron chi connectivity index (χ0n) is 13.0. The highest BCUT2D eigenvalue weighted by Crippen LogP contribution is 2.34. The third-order valence-corrected chi connectivity index (χ3v) is 3.45. The summed E-state index contributed by atoms with van der Waals surface area (Å²) in [5.41, 5.74) is -1.44. The Balaban J connectivity index is 2.85. The molecule has 1 rings (SSSR count). The molecule has 0 saturated carbocycles. The number of phenols is 1. The molecule has 0 radical (unpaired) electrons. The molecule has 21 heavy (non-hydrogen) atoms. The number of phenolic OH excluding ortho intramolecular Hbond substituents is 1. The molecule has 0 unspecified atom stereocenters. The maximum atomic E-state index is 11.4. The van der Waals surface area contributed by atoms with E-state index in [0.717, 1.165) is 0 Å². The number of aliphatic hydroxyl groups is 2. The molecule has 0 amide bonds. The fraction of sp³-hybridized carbons (Fsp3) is 0.562. The standard InChI is InChI=1S/C16H24O5/c1-15(2,19)8-5-9-16(3,20)12-7-6-11(10-13(12)17)14(18)21-4/h6-7,10,17,19-20H,5,8-9H2,1-4H3/t16-/m0/s1. The highest BCUT2D eigenvalue weighted by molar-refractivity contribution is 5.89. The van der Waals surface area contributed by atoms with Crippen LogP contribution < -0.4 is 0 Å².